The molecule has 0 aliphatic carbocycles. The molecule has 1 aromatic rings. The second kappa shape index (κ2) is 8.52. The maximum absolute atomic E-state index is 14.2. The zero-order chi connectivity index (χ0) is 28.4. The summed E-state index contributed by atoms with van der Waals surface area (Å²) in [6.45, 7) is -1.79. The van der Waals surface area contributed by atoms with Crippen molar-refractivity contribution < 1.29 is 83.9 Å². The second-order valence-electron chi connectivity index (χ2n) is 7.27. The molecular weight excluding hydrogens is 558 g/mol. The molecule has 20 heteroatoms. The van der Waals surface area contributed by atoms with Crippen LogP contribution in [-0.4, -0.2) is 67.5 Å². The lowest BCUT2D eigenvalue weighted by Crippen LogP contribution is -2.75. The van der Waals surface area contributed by atoms with Crippen molar-refractivity contribution in [1.82, 2.24) is 0 Å². The van der Waals surface area contributed by atoms with Gasteiger partial charge < -0.3 is 9.31 Å². The van der Waals surface area contributed by atoms with Gasteiger partial charge in [0.15, 0.2) is 0 Å². The molecule has 0 saturated carbocycles. The summed E-state index contributed by atoms with van der Waals surface area (Å²) < 4.78 is 235. The van der Waals surface area contributed by atoms with Gasteiger partial charge in [-0.2, -0.15) is 74.6 Å². The van der Waals surface area contributed by atoms with E-state index >= 15 is 0 Å². The topological polar surface area (TPSA) is 18.5 Å². The maximum Gasteiger partial charge on any atom is 0.494 e. The number of hydrogen-bond acceptors (Lipinski definition) is 2. The van der Waals surface area contributed by atoms with Gasteiger partial charge in [-0.15, -0.1) is 0 Å². The summed E-state index contributed by atoms with van der Waals surface area (Å²) in [4.78, 5) is 0. The van der Waals surface area contributed by atoms with E-state index in [1.54, 1.807) is 0 Å². The first kappa shape index (κ1) is 30.2. The Balaban J connectivity index is 2.48. The molecule has 1 saturated heterocycles. The van der Waals surface area contributed by atoms with Crippen LogP contribution in [0.5, 0.6) is 0 Å². The third-order valence-electron chi connectivity index (χ3n) is 4.91. The maximum atomic E-state index is 14.2. The minimum Gasteiger partial charge on any atom is -0.404 e. The summed E-state index contributed by atoms with van der Waals surface area (Å²) >= 11 is 0. The molecule has 1 unspecified atom stereocenters. The lowest BCUT2D eigenvalue weighted by atomic mass is 9.79. The van der Waals surface area contributed by atoms with Gasteiger partial charge in [0.1, 0.15) is 6.10 Å². The fourth-order valence-corrected chi connectivity index (χ4v) is 2.76. The number of halogens is 17. The third-order valence-corrected chi connectivity index (χ3v) is 4.91. The Morgan fingerprint density at radius 3 is 1.36 bits per heavy atom. The lowest BCUT2D eigenvalue weighted by molar-refractivity contribution is -0.463. The molecule has 0 amide bonds. The van der Waals surface area contributed by atoms with Crippen molar-refractivity contribution in [3.05, 3.63) is 30.3 Å². The van der Waals surface area contributed by atoms with Crippen LogP contribution >= 0.6 is 0 Å². The zero-order valence-electron chi connectivity index (χ0n) is 16.5. The van der Waals surface area contributed by atoms with Gasteiger partial charge in [-0.25, -0.2) is 0 Å². The van der Waals surface area contributed by atoms with Gasteiger partial charge in [0.05, 0.1) is 6.61 Å². The first-order chi connectivity index (χ1) is 15.8. The first-order valence-electron chi connectivity index (χ1n) is 8.85. The molecule has 1 aromatic carbocycles. The summed E-state index contributed by atoms with van der Waals surface area (Å²) in [6, 6.07) is 5.84. The van der Waals surface area contributed by atoms with Crippen molar-refractivity contribution in [2.24, 2.45) is 0 Å². The normalized spacial score (nSPS) is 19.7. The van der Waals surface area contributed by atoms with E-state index in [1.807, 2.05) is 0 Å². The van der Waals surface area contributed by atoms with Crippen molar-refractivity contribution >= 4 is 12.6 Å². The van der Waals surface area contributed by atoms with Crippen LogP contribution in [0.15, 0.2) is 30.3 Å². The zero-order valence-corrected chi connectivity index (χ0v) is 16.5. The molecule has 0 N–H and O–H groups in total. The van der Waals surface area contributed by atoms with Crippen LogP contribution in [-0.2, 0) is 9.31 Å². The number of alkyl halides is 17. The van der Waals surface area contributed by atoms with Crippen LogP contribution in [0, 0.1) is 0 Å². The lowest BCUT2D eigenvalue weighted by Gasteiger charge is -2.43. The smallest absolute Gasteiger partial charge is 0.404 e. The van der Waals surface area contributed by atoms with Gasteiger partial charge in [0.2, 0.25) is 0 Å². The Labute approximate surface area is 188 Å². The van der Waals surface area contributed by atoms with E-state index in [1.165, 1.54) is 18.2 Å². The molecule has 206 valence electrons. The molecule has 1 aliphatic rings. The van der Waals surface area contributed by atoms with E-state index < -0.39 is 67.5 Å². The first-order valence-corrected chi connectivity index (χ1v) is 8.85. The fourth-order valence-electron chi connectivity index (χ4n) is 2.76. The van der Waals surface area contributed by atoms with Crippen LogP contribution in [0.4, 0.5) is 74.6 Å². The highest BCUT2D eigenvalue weighted by Crippen LogP contribution is 2.64. The average molecular weight is 566 g/mol. The van der Waals surface area contributed by atoms with Gasteiger partial charge >= 0.3 is 54.8 Å². The van der Waals surface area contributed by atoms with Gasteiger partial charge in [-0.1, -0.05) is 30.3 Å². The van der Waals surface area contributed by atoms with E-state index in [-0.39, 0.29) is 5.46 Å². The predicted molar refractivity (Wildman–Crippen MR) is 83.3 cm³/mol. The number of hydrogen-bond donors (Lipinski definition) is 0. The monoisotopic (exact) mass is 566 g/mol. The van der Waals surface area contributed by atoms with E-state index in [4.69, 9.17) is 0 Å². The van der Waals surface area contributed by atoms with Crippen LogP contribution in [0.2, 0.25) is 0 Å². The van der Waals surface area contributed by atoms with Crippen molar-refractivity contribution in [2.75, 3.05) is 6.61 Å². The van der Waals surface area contributed by atoms with E-state index in [0.29, 0.717) is 0 Å². The highest BCUT2D eigenvalue weighted by Gasteiger charge is 2.95. The summed E-state index contributed by atoms with van der Waals surface area (Å²) in [6.07, 6.45) is -11.4. The fraction of sp³-hybridized carbons (Fsp3) is 0.625. The van der Waals surface area contributed by atoms with E-state index in [2.05, 4.69) is 9.31 Å². The molecule has 1 atom stereocenters. The molecule has 1 heterocycles. The van der Waals surface area contributed by atoms with Crippen LogP contribution in [0.1, 0.15) is 0 Å². The Kier molecular flexibility index (Phi) is 7.16. The second-order valence-corrected chi connectivity index (χ2v) is 7.27. The molecule has 2 rings (SSSR count). The van der Waals surface area contributed by atoms with E-state index in [0.717, 1.165) is 12.1 Å². The van der Waals surface area contributed by atoms with Gasteiger partial charge in [0, 0.05) is 0 Å². The molecule has 0 radical (unpaired) electrons. The number of benzene rings is 1. The number of rotatable bonds is 8. The Morgan fingerprint density at radius 1 is 0.556 bits per heavy atom. The molecule has 2 nitrogen and oxygen atoms in total. The Bertz CT molecular complexity index is 930. The largest absolute Gasteiger partial charge is 0.494 e. The van der Waals surface area contributed by atoms with Crippen LogP contribution in [0.3, 0.4) is 0 Å². The predicted octanol–water partition coefficient (Wildman–Crippen LogP) is 5.81. The molecule has 0 bridgehead atoms. The molecule has 0 aromatic heterocycles. The van der Waals surface area contributed by atoms with Gasteiger partial charge in [0.25, 0.3) is 0 Å². The quantitative estimate of drug-likeness (QED) is 0.293. The van der Waals surface area contributed by atoms with Crippen molar-refractivity contribution in [3.8, 4) is 0 Å². The van der Waals surface area contributed by atoms with Crippen molar-refractivity contribution in [3.63, 3.8) is 0 Å². The van der Waals surface area contributed by atoms with Crippen molar-refractivity contribution in [2.45, 2.75) is 53.7 Å². The molecular formula is C16H8BF17O2. The van der Waals surface area contributed by atoms with Gasteiger partial charge in [-0.3, -0.25) is 0 Å². The third kappa shape index (κ3) is 3.98. The highest BCUT2D eigenvalue weighted by molar-refractivity contribution is 6.61. The van der Waals surface area contributed by atoms with Crippen molar-refractivity contribution in [1.29, 1.82) is 0 Å². The minimum absolute atomic E-state index is 0.225. The average Bonchev–Trinajstić information content (AvgIpc) is 3.23. The highest BCUT2D eigenvalue weighted by atomic mass is 19.4. The SMILES string of the molecule is FC(F)(F)C(F)(F)C(F)(F)C(F)(F)C(F)(F)C(F)(F)C(F)(F)C(F)(F)C1COB(c2ccccc2)O1. The summed E-state index contributed by atoms with van der Waals surface area (Å²) in [5.41, 5.74) is -0.225. The van der Waals surface area contributed by atoms with E-state index in [9.17, 15) is 74.6 Å². The molecule has 36 heavy (non-hydrogen) atoms. The van der Waals surface area contributed by atoms with Gasteiger partial charge in [-0.05, 0) is 5.46 Å². The molecule has 1 fully saturated rings. The summed E-state index contributed by atoms with van der Waals surface area (Å²) in [5, 5.41) is 0. The minimum atomic E-state index is -8.67. The summed E-state index contributed by atoms with van der Waals surface area (Å²) in [7, 11) is -2.02. The Morgan fingerprint density at radius 2 is 0.944 bits per heavy atom. The summed E-state index contributed by atoms with van der Waals surface area (Å²) in [5.74, 6) is -56.9. The van der Waals surface area contributed by atoms with Crippen LogP contribution in [0.25, 0.3) is 0 Å². The molecule has 0 spiro atoms. The molecule has 1 aliphatic heterocycles. The van der Waals surface area contributed by atoms with Crippen LogP contribution < -0.4 is 5.46 Å². The standard InChI is InChI=1S/C16H8BF17O2/c18-9(19,8-6-35-17(36-8)7-4-2-1-3-5-7)10(20,21)11(22,23)12(24,25)13(26,27)14(28,29)15(30,31)16(32,33)34/h1-5,8H,6H2. The Hall–Kier alpha value is -1.99.